The first-order chi connectivity index (χ1) is 23.1. The summed E-state index contributed by atoms with van der Waals surface area (Å²) in [7, 11) is 8.10. The summed E-state index contributed by atoms with van der Waals surface area (Å²) >= 11 is 0. The average Bonchev–Trinajstić information content (AvgIpc) is 3.07. The normalized spacial score (nSPS) is 16.1. The minimum absolute atomic E-state index is 0.0186. The summed E-state index contributed by atoms with van der Waals surface area (Å²) in [4.78, 5) is 36.1. The fourth-order valence-electron chi connectivity index (χ4n) is 7.27. The Kier molecular flexibility index (Phi) is 16.4. The van der Waals surface area contributed by atoms with Crippen LogP contribution < -0.4 is 20.4 Å². The van der Waals surface area contributed by atoms with Gasteiger partial charge in [-0.15, -0.1) is 0 Å². The Balaban J connectivity index is 1.68. The number of nitrogens with zero attached hydrogens (tertiary/aromatic N) is 4. The van der Waals surface area contributed by atoms with Gasteiger partial charge < -0.3 is 30.2 Å². The SMILES string of the molecule is CCCC(CCC)N(CC1CCC(CN(C(=O)Nc2ccc(N(C)C)cc2)C(CCC)CCC)CC1)C(=O)Nc1ccc(N(C)C)cc1. The van der Waals surface area contributed by atoms with Gasteiger partial charge in [0, 0.05) is 76.1 Å². The first-order valence-electron chi connectivity index (χ1n) is 18.8. The molecule has 0 saturated heterocycles. The van der Waals surface area contributed by atoms with Crippen molar-refractivity contribution in [1.29, 1.82) is 0 Å². The van der Waals surface area contributed by atoms with Gasteiger partial charge in [0.15, 0.2) is 0 Å². The number of hydrogen-bond donors (Lipinski definition) is 2. The third-order valence-electron chi connectivity index (χ3n) is 10.0. The molecule has 48 heavy (non-hydrogen) atoms. The van der Waals surface area contributed by atoms with Crippen molar-refractivity contribution in [2.24, 2.45) is 11.8 Å². The van der Waals surface area contributed by atoms with Gasteiger partial charge in [0.2, 0.25) is 0 Å². The zero-order valence-electron chi connectivity index (χ0n) is 31.4. The van der Waals surface area contributed by atoms with Crippen LogP contribution in [0.1, 0.15) is 105 Å². The molecule has 2 aromatic rings. The molecule has 0 radical (unpaired) electrons. The topological polar surface area (TPSA) is 71.2 Å². The van der Waals surface area contributed by atoms with Crippen LogP contribution in [0.3, 0.4) is 0 Å². The van der Waals surface area contributed by atoms with E-state index >= 15 is 0 Å². The summed E-state index contributed by atoms with van der Waals surface area (Å²) in [6.07, 6.45) is 12.7. The molecule has 0 heterocycles. The number of carbonyl (C=O) groups is 2. The van der Waals surface area contributed by atoms with Crippen LogP contribution in [0, 0.1) is 11.8 Å². The second kappa shape index (κ2) is 20.2. The molecule has 2 aromatic carbocycles. The van der Waals surface area contributed by atoms with Crippen LogP contribution in [-0.4, -0.2) is 75.2 Å². The predicted molar refractivity (Wildman–Crippen MR) is 206 cm³/mol. The van der Waals surface area contributed by atoms with E-state index in [2.05, 4.69) is 57.9 Å². The Labute approximate surface area is 292 Å². The van der Waals surface area contributed by atoms with Crippen LogP contribution >= 0.6 is 0 Å². The van der Waals surface area contributed by atoms with Gasteiger partial charge in [-0.2, -0.15) is 0 Å². The molecule has 268 valence electrons. The highest BCUT2D eigenvalue weighted by atomic mass is 16.2. The summed E-state index contributed by atoms with van der Waals surface area (Å²) in [6.45, 7) is 10.5. The van der Waals surface area contributed by atoms with Crippen molar-refractivity contribution in [3.05, 3.63) is 48.5 Å². The number of urea groups is 2. The molecule has 1 aliphatic rings. The number of benzene rings is 2. The Bertz CT molecular complexity index is 1100. The first-order valence-corrected chi connectivity index (χ1v) is 18.8. The van der Waals surface area contributed by atoms with Crippen molar-refractivity contribution < 1.29 is 9.59 Å². The number of hydrogen-bond acceptors (Lipinski definition) is 4. The predicted octanol–water partition coefficient (Wildman–Crippen LogP) is 9.93. The molecular weight excluding hydrogens is 596 g/mol. The molecule has 1 fully saturated rings. The zero-order valence-corrected chi connectivity index (χ0v) is 31.4. The number of amides is 4. The van der Waals surface area contributed by atoms with Crippen molar-refractivity contribution in [3.63, 3.8) is 0 Å². The Morgan fingerprint density at radius 2 is 0.854 bits per heavy atom. The van der Waals surface area contributed by atoms with Crippen LogP contribution in [0.5, 0.6) is 0 Å². The quantitative estimate of drug-likeness (QED) is 0.167. The summed E-state index contributed by atoms with van der Waals surface area (Å²) in [6, 6.07) is 16.7. The molecule has 0 aliphatic heterocycles. The van der Waals surface area contributed by atoms with Crippen molar-refractivity contribution >= 4 is 34.8 Å². The number of anilines is 4. The van der Waals surface area contributed by atoms with Gasteiger partial charge in [0.05, 0.1) is 0 Å². The third-order valence-corrected chi connectivity index (χ3v) is 10.0. The van der Waals surface area contributed by atoms with Crippen LogP contribution in [0.4, 0.5) is 32.3 Å². The molecule has 1 aliphatic carbocycles. The highest BCUT2D eigenvalue weighted by Gasteiger charge is 2.32. The van der Waals surface area contributed by atoms with Crippen LogP contribution in [0.2, 0.25) is 0 Å². The summed E-state index contributed by atoms with van der Waals surface area (Å²) in [5, 5.41) is 6.44. The highest BCUT2D eigenvalue weighted by Crippen LogP contribution is 2.33. The van der Waals surface area contributed by atoms with Gasteiger partial charge in [-0.25, -0.2) is 9.59 Å². The maximum Gasteiger partial charge on any atom is 0.322 e. The standard InChI is InChI=1S/C40H66N6O2/c1-9-13-37(14-10-2)45(39(47)41-33-21-25-35(26-22-33)43(5)6)29-31-17-19-32(20-18-31)30-46(38(15-11-3)16-12-4)40(48)42-34-23-27-36(28-24-34)44(7)8/h21-28,31-32,37-38H,9-20,29-30H2,1-8H3,(H,41,47)(H,42,48). The molecule has 0 aromatic heterocycles. The largest absolute Gasteiger partial charge is 0.378 e. The van der Waals surface area contributed by atoms with Gasteiger partial charge in [-0.3, -0.25) is 0 Å². The first kappa shape index (κ1) is 39.0. The molecule has 8 nitrogen and oxygen atoms in total. The van der Waals surface area contributed by atoms with E-state index in [4.69, 9.17) is 0 Å². The maximum absolute atomic E-state index is 13.8. The van der Waals surface area contributed by atoms with Crippen molar-refractivity contribution in [2.45, 2.75) is 117 Å². The van der Waals surface area contributed by atoms with E-state index in [-0.39, 0.29) is 24.1 Å². The second-order valence-electron chi connectivity index (χ2n) is 14.4. The van der Waals surface area contributed by atoms with E-state index in [1.165, 1.54) is 0 Å². The van der Waals surface area contributed by atoms with E-state index in [1.54, 1.807) is 0 Å². The molecule has 3 rings (SSSR count). The van der Waals surface area contributed by atoms with E-state index in [0.29, 0.717) is 11.8 Å². The molecule has 0 unspecified atom stereocenters. The molecule has 8 heteroatoms. The van der Waals surface area contributed by atoms with Gasteiger partial charge in [0.1, 0.15) is 0 Å². The molecule has 1 saturated carbocycles. The van der Waals surface area contributed by atoms with Gasteiger partial charge in [-0.05, 0) is 112 Å². The number of carbonyl (C=O) groups excluding carboxylic acids is 2. The van der Waals surface area contributed by atoms with Crippen LogP contribution in [0.25, 0.3) is 0 Å². The zero-order chi connectivity index (χ0) is 35.1. The Morgan fingerprint density at radius 1 is 0.562 bits per heavy atom. The lowest BCUT2D eigenvalue weighted by Crippen LogP contribution is -2.47. The lowest BCUT2D eigenvalue weighted by Gasteiger charge is -2.39. The summed E-state index contributed by atoms with van der Waals surface area (Å²) in [5.41, 5.74) is 3.90. The van der Waals surface area contributed by atoms with Gasteiger partial charge >= 0.3 is 12.1 Å². The highest BCUT2D eigenvalue weighted by molar-refractivity contribution is 5.90. The minimum atomic E-state index is 0.0186. The van der Waals surface area contributed by atoms with Crippen LogP contribution in [0.15, 0.2) is 48.5 Å². The van der Waals surface area contributed by atoms with Crippen molar-refractivity contribution in [1.82, 2.24) is 9.80 Å². The minimum Gasteiger partial charge on any atom is -0.378 e. The maximum atomic E-state index is 13.8. The molecule has 0 atom stereocenters. The average molecular weight is 663 g/mol. The molecule has 0 spiro atoms. The van der Waals surface area contributed by atoms with Crippen molar-refractivity contribution in [3.8, 4) is 0 Å². The second-order valence-corrected chi connectivity index (χ2v) is 14.4. The third kappa shape index (κ3) is 11.9. The van der Waals surface area contributed by atoms with E-state index in [1.807, 2.05) is 76.7 Å². The van der Waals surface area contributed by atoms with Crippen molar-refractivity contribution in [2.75, 3.05) is 61.7 Å². The number of rotatable bonds is 18. The Morgan fingerprint density at radius 3 is 1.10 bits per heavy atom. The van der Waals surface area contributed by atoms with Crippen LogP contribution in [-0.2, 0) is 0 Å². The lowest BCUT2D eigenvalue weighted by atomic mass is 9.81. The fourth-order valence-corrected chi connectivity index (χ4v) is 7.27. The number of nitrogens with one attached hydrogen (secondary N) is 2. The summed E-state index contributed by atoms with van der Waals surface area (Å²) in [5.74, 6) is 0.942. The van der Waals surface area contributed by atoms with Gasteiger partial charge in [0.25, 0.3) is 0 Å². The van der Waals surface area contributed by atoms with Gasteiger partial charge in [-0.1, -0.05) is 53.4 Å². The monoisotopic (exact) mass is 663 g/mol. The van der Waals surface area contributed by atoms with E-state index < -0.39 is 0 Å². The molecule has 2 N–H and O–H groups in total. The molecule has 4 amide bonds. The lowest BCUT2D eigenvalue weighted by molar-refractivity contribution is 0.125. The Hall–Kier alpha value is -3.42. The summed E-state index contributed by atoms with van der Waals surface area (Å²) < 4.78 is 0. The van der Waals surface area contributed by atoms with E-state index in [9.17, 15) is 9.59 Å². The van der Waals surface area contributed by atoms with E-state index in [0.717, 1.165) is 113 Å². The fraction of sp³-hybridized carbons (Fsp3) is 0.650. The smallest absolute Gasteiger partial charge is 0.322 e. The molecule has 0 bridgehead atoms. The molecular formula is C40H66N6O2.